The average Bonchev–Trinajstić information content (AvgIpc) is 2.76. The molecule has 0 radical (unpaired) electrons. The van der Waals surface area contributed by atoms with Gasteiger partial charge in [0, 0.05) is 23.2 Å². The van der Waals surface area contributed by atoms with Gasteiger partial charge in [-0.15, -0.1) is 0 Å². The Morgan fingerprint density at radius 3 is 3.07 bits per heavy atom. The maximum atomic E-state index is 5.50. The van der Waals surface area contributed by atoms with Crippen molar-refractivity contribution in [2.45, 2.75) is 13.5 Å². The molecule has 0 aliphatic carbocycles. The Kier molecular flexibility index (Phi) is 2.65. The summed E-state index contributed by atoms with van der Waals surface area (Å²) in [6.45, 7) is 3.47. The summed E-state index contributed by atoms with van der Waals surface area (Å²) < 4.78 is 1.95. The fourth-order valence-corrected chi connectivity index (χ4v) is 2.06. The first kappa shape index (κ1) is 9.43. The van der Waals surface area contributed by atoms with E-state index in [0.29, 0.717) is 6.54 Å². The smallest absolute Gasteiger partial charge is 0.0934 e. The molecular formula is C10H13N3S. The minimum Gasteiger partial charge on any atom is -0.329 e. The number of aryl methyl sites for hydroxylation is 1. The highest BCUT2D eigenvalue weighted by molar-refractivity contribution is 7.08. The van der Waals surface area contributed by atoms with Crippen LogP contribution in [0.15, 0.2) is 22.9 Å². The van der Waals surface area contributed by atoms with Crippen LogP contribution in [0.25, 0.3) is 11.3 Å². The molecule has 0 unspecified atom stereocenters. The molecule has 2 aromatic rings. The molecule has 4 heteroatoms. The van der Waals surface area contributed by atoms with E-state index in [1.807, 2.05) is 4.68 Å². The molecular weight excluding hydrogens is 194 g/mol. The van der Waals surface area contributed by atoms with Crippen molar-refractivity contribution in [3.63, 3.8) is 0 Å². The Hall–Kier alpha value is -1.13. The van der Waals surface area contributed by atoms with Gasteiger partial charge in [0.05, 0.1) is 12.2 Å². The lowest BCUT2D eigenvalue weighted by atomic mass is 10.2. The number of hydrogen-bond donors (Lipinski definition) is 1. The lowest BCUT2D eigenvalue weighted by Crippen LogP contribution is -2.12. The summed E-state index contributed by atoms with van der Waals surface area (Å²) in [6, 6.07) is 4.18. The first-order valence-electron chi connectivity index (χ1n) is 4.58. The predicted octanol–water partition coefficient (Wildman–Crippen LogP) is 1.88. The molecule has 0 saturated heterocycles. The fourth-order valence-electron chi connectivity index (χ4n) is 1.41. The van der Waals surface area contributed by atoms with E-state index < -0.39 is 0 Å². The van der Waals surface area contributed by atoms with Crippen molar-refractivity contribution in [1.82, 2.24) is 9.78 Å². The van der Waals surface area contributed by atoms with Crippen LogP contribution in [0, 0.1) is 6.92 Å². The molecule has 0 aromatic carbocycles. The number of hydrogen-bond acceptors (Lipinski definition) is 3. The van der Waals surface area contributed by atoms with Gasteiger partial charge in [0.2, 0.25) is 0 Å². The van der Waals surface area contributed by atoms with Crippen LogP contribution in [-0.2, 0) is 6.54 Å². The number of thiophene rings is 1. The second kappa shape index (κ2) is 3.94. The van der Waals surface area contributed by atoms with Gasteiger partial charge < -0.3 is 5.73 Å². The molecule has 3 nitrogen and oxygen atoms in total. The van der Waals surface area contributed by atoms with Crippen molar-refractivity contribution in [3.05, 3.63) is 28.6 Å². The van der Waals surface area contributed by atoms with Crippen LogP contribution in [0.1, 0.15) is 5.69 Å². The second-order valence-corrected chi connectivity index (χ2v) is 3.97. The van der Waals surface area contributed by atoms with Crippen LogP contribution in [-0.4, -0.2) is 16.3 Å². The van der Waals surface area contributed by atoms with E-state index in [0.717, 1.165) is 17.9 Å². The molecule has 0 spiro atoms. The summed E-state index contributed by atoms with van der Waals surface area (Å²) in [7, 11) is 0. The lowest BCUT2D eigenvalue weighted by molar-refractivity contribution is 0.610. The molecule has 0 aliphatic heterocycles. The molecule has 0 saturated carbocycles. The largest absolute Gasteiger partial charge is 0.329 e. The standard InChI is InChI=1S/C10H13N3S/c1-8-6-10(9-2-5-14-7-9)12-13(8)4-3-11/h2,5-7H,3-4,11H2,1H3. The van der Waals surface area contributed by atoms with E-state index >= 15 is 0 Å². The van der Waals surface area contributed by atoms with Gasteiger partial charge in [-0.2, -0.15) is 16.4 Å². The summed E-state index contributed by atoms with van der Waals surface area (Å²) in [6.07, 6.45) is 0. The summed E-state index contributed by atoms with van der Waals surface area (Å²) in [4.78, 5) is 0. The fraction of sp³-hybridized carbons (Fsp3) is 0.300. The Bertz CT molecular complexity index is 403. The van der Waals surface area contributed by atoms with Crippen molar-refractivity contribution >= 4 is 11.3 Å². The minimum absolute atomic E-state index is 0.631. The summed E-state index contributed by atoms with van der Waals surface area (Å²) in [5.74, 6) is 0. The molecule has 14 heavy (non-hydrogen) atoms. The molecule has 2 aromatic heterocycles. The third-order valence-electron chi connectivity index (χ3n) is 2.14. The summed E-state index contributed by atoms with van der Waals surface area (Å²) in [5, 5.41) is 8.65. The Labute approximate surface area is 87.2 Å². The van der Waals surface area contributed by atoms with E-state index in [1.54, 1.807) is 11.3 Å². The zero-order valence-corrected chi connectivity index (χ0v) is 8.92. The number of nitrogens with zero attached hydrogens (tertiary/aromatic N) is 2. The van der Waals surface area contributed by atoms with Crippen molar-refractivity contribution in [3.8, 4) is 11.3 Å². The lowest BCUT2D eigenvalue weighted by Gasteiger charge is -1.99. The molecule has 0 fully saturated rings. The minimum atomic E-state index is 0.631. The van der Waals surface area contributed by atoms with Crippen LogP contribution >= 0.6 is 11.3 Å². The molecule has 0 aliphatic rings. The molecule has 2 rings (SSSR count). The molecule has 74 valence electrons. The topological polar surface area (TPSA) is 43.8 Å². The molecule has 0 amide bonds. The molecule has 0 bridgehead atoms. The highest BCUT2D eigenvalue weighted by atomic mass is 32.1. The van der Waals surface area contributed by atoms with Crippen LogP contribution in [0.3, 0.4) is 0 Å². The van der Waals surface area contributed by atoms with E-state index in [-0.39, 0.29) is 0 Å². The van der Waals surface area contributed by atoms with Gasteiger partial charge in [-0.1, -0.05) is 0 Å². The maximum Gasteiger partial charge on any atom is 0.0934 e. The van der Waals surface area contributed by atoms with E-state index in [4.69, 9.17) is 5.73 Å². The van der Waals surface area contributed by atoms with E-state index in [2.05, 4.69) is 34.9 Å². The Morgan fingerprint density at radius 1 is 1.57 bits per heavy atom. The monoisotopic (exact) mass is 207 g/mol. The van der Waals surface area contributed by atoms with Crippen molar-refractivity contribution < 1.29 is 0 Å². The predicted molar refractivity (Wildman–Crippen MR) is 59.3 cm³/mol. The number of rotatable bonds is 3. The van der Waals surface area contributed by atoms with Gasteiger partial charge in [-0.05, 0) is 24.4 Å². The number of nitrogens with two attached hydrogens (primary N) is 1. The zero-order valence-electron chi connectivity index (χ0n) is 8.10. The van der Waals surface area contributed by atoms with Gasteiger partial charge in [0.15, 0.2) is 0 Å². The van der Waals surface area contributed by atoms with Crippen molar-refractivity contribution in [2.24, 2.45) is 5.73 Å². The highest BCUT2D eigenvalue weighted by Crippen LogP contribution is 2.21. The summed E-state index contributed by atoms with van der Waals surface area (Å²) >= 11 is 1.69. The maximum absolute atomic E-state index is 5.50. The normalized spacial score (nSPS) is 10.7. The van der Waals surface area contributed by atoms with E-state index in [1.165, 1.54) is 5.56 Å². The SMILES string of the molecule is Cc1cc(-c2ccsc2)nn1CCN. The zero-order chi connectivity index (χ0) is 9.97. The van der Waals surface area contributed by atoms with Crippen LogP contribution < -0.4 is 5.73 Å². The van der Waals surface area contributed by atoms with Crippen molar-refractivity contribution in [2.75, 3.05) is 6.54 Å². The quantitative estimate of drug-likeness (QED) is 0.835. The third-order valence-corrected chi connectivity index (χ3v) is 2.82. The molecule has 2 heterocycles. The van der Waals surface area contributed by atoms with Crippen LogP contribution in [0.2, 0.25) is 0 Å². The first-order chi connectivity index (χ1) is 6.81. The molecule has 2 N–H and O–H groups in total. The van der Waals surface area contributed by atoms with Gasteiger partial charge in [0.25, 0.3) is 0 Å². The molecule has 0 atom stereocenters. The average molecular weight is 207 g/mol. The Balaban J connectivity index is 2.33. The van der Waals surface area contributed by atoms with Crippen LogP contribution in [0.5, 0.6) is 0 Å². The van der Waals surface area contributed by atoms with Gasteiger partial charge in [0.1, 0.15) is 0 Å². The van der Waals surface area contributed by atoms with Gasteiger partial charge >= 0.3 is 0 Å². The first-order valence-corrected chi connectivity index (χ1v) is 5.52. The highest BCUT2D eigenvalue weighted by Gasteiger charge is 2.05. The third kappa shape index (κ3) is 1.71. The Morgan fingerprint density at radius 2 is 2.43 bits per heavy atom. The van der Waals surface area contributed by atoms with Crippen LogP contribution in [0.4, 0.5) is 0 Å². The van der Waals surface area contributed by atoms with Gasteiger partial charge in [-0.3, -0.25) is 4.68 Å². The second-order valence-electron chi connectivity index (χ2n) is 3.19. The number of aromatic nitrogens is 2. The van der Waals surface area contributed by atoms with Crippen molar-refractivity contribution in [1.29, 1.82) is 0 Å². The van der Waals surface area contributed by atoms with E-state index in [9.17, 15) is 0 Å². The summed E-state index contributed by atoms with van der Waals surface area (Å²) in [5.41, 5.74) is 8.89. The van der Waals surface area contributed by atoms with Gasteiger partial charge in [-0.25, -0.2) is 0 Å².